The maximum Gasteiger partial charge on any atom is 0.0915 e. The Labute approximate surface area is 88.4 Å². The lowest BCUT2D eigenvalue weighted by atomic mass is 10.0. The lowest BCUT2D eigenvalue weighted by molar-refractivity contribution is 1.18. The normalized spacial score (nSPS) is 17.6. The highest BCUT2D eigenvalue weighted by Gasteiger charge is 2.13. The summed E-state index contributed by atoms with van der Waals surface area (Å²) in [6.45, 7) is 2.09. The zero-order chi connectivity index (χ0) is 9.97. The molecule has 0 fully saturated rings. The average Bonchev–Trinajstić information content (AvgIpc) is 2.19. The second kappa shape index (κ2) is 3.89. The van der Waals surface area contributed by atoms with Gasteiger partial charge in [0.2, 0.25) is 0 Å². The Morgan fingerprint density at radius 1 is 1.50 bits per heavy atom. The van der Waals surface area contributed by atoms with E-state index in [1.807, 2.05) is 11.8 Å². The van der Waals surface area contributed by atoms with Crippen molar-refractivity contribution in [1.82, 2.24) is 0 Å². The quantitative estimate of drug-likeness (QED) is 0.601. The largest absolute Gasteiger partial charge is 0.193 e. The van der Waals surface area contributed by atoms with Crippen molar-refractivity contribution in [3.05, 3.63) is 35.4 Å². The van der Waals surface area contributed by atoms with Crippen molar-refractivity contribution in [1.29, 1.82) is 5.26 Å². The Bertz CT molecular complexity index is 426. The second-order valence-electron chi connectivity index (χ2n) is 3.40. The standard InChI is InChI=1S/C12H11NS/c1-9-2-3-12-11(8-9)10(4-6-13)5-7-14-12/h2-4,8H,5,7H2,1H3/b10-4-. The summed E-state index contributed by atoms with van der Waals surface area (Å²) in [6, 6.07) is 8.58. The molecule has 0 saturated carbocycles. The van der Waals surface area contributed by atoms with Crippen LogP contribution in [0.25, 0.3) is 5.57 Å². The van der Waals surface area contributed by atoms with Crippen LogP contribution in [0.3, 0.4) is 0 Å². The van der Waals surface area contributed by atoms with Crippen LogP contribution in [-0.2, 0) is 0 Å². The minimum atomic E-state index is 1.01. The topological polar surface area (TPSA) is 23.8 Å². The number of fused-ring (bicyclic) bond motifs is 1. The molecule has 1 aromatic rings. The van der Waals surface area contributed by atoms with Gasteiger partial charge in [0.25, 0.3) is 0 Å². The Kier molecular flexibility index (Phi) is 2.60. The predicted molar refractivity (Wildman–Crippen MR) is 60.1 cm³/mol. The van der Waals surface area contributed by atoms with E-state index in [1.54, 1.807) is 6.08 Å². The summed E-state index contributed by atoms with van der Waals surface area (Å²) in [5.41, 5.74) is 3.70. The van der Waals surface area contributed by atoms with Gasteiger partial charge in [0.15, 0.2) is 0 Å². The van der Waals surface area contributed by atoms with Gasteiger partial charge in [-0.25, -0.2) is 0 Å². The zero-order valence-electron chi connectivity index (χ0n) is 8.08. The van der Waals surface area contributed by atoms with Crippen molar-refractivity contribution in [2.75, 3.05) is 5.75 Å². The fraction of sp³-hybridized carbons (Fsp3) is 0.250. The van der Waals surface area contributed by atoms with E-state index in [1.165, 1.54) is 21.6 Å². The van der Waals surface area contributed by atoms with Gasteiger partial charge in [-0.05, 0) is 30.5 Å². The number of allylic oxidation sites excluding steroid dienone is 2. The maximum atomic E-state index is 8.68. The lowest BCUT2D eigenvalue weighted by Gasteiger charge is -2.18. The first-order valence-electron chi connectivity index (χ1n) is 4.64. The van der Waals surface area contributed by atoms with Gasteiger partial charge in [0.05, 0.1) is 6.07 Å². The molecule has 14 heavy (non-hydrogen) atoms. The van der Waals surface area contributed by atoms with Gasteiger partial charge in [-0.2, -0.15) is 5.26 Å². The number of benzene rings is 1. The highest BCUT2D eigenvalue weighted by molar-refractivity contribution is 7.99. The summed E-state index contributed by atoms with van der Waals surface area (Å²) < 4.78 is 0. The zero-order valence-corrected chi connectivity index (χ0v) is 8.90. The molecule has 0 unspecified atom stereocenters. The average molecular weight is 201 g/mol. The highest BCUT2D eigenvalue weighted by atomic mass is 32.2. The van der Waals surface area contributed by atoms with Crippen LogP contribution in [0.5, 0.6) is 0 Å². The molecule has 1 aliphatic rings. The second-order valence-corrected chi connectivity index (χ2v) is 4.53. The van der Waals surface area contributed by atoms with E-state index in [0.29, 0.717) is 0 Å². The van der Waals surface area contributed by atoms with Crippen LogP contribution in [0.1, 0.15) is 17.5 Å². The lowest BCUT2D eigenvalue weighted by Crippen LogP contribution is -1.97. The SMILES string of the molecule is Cc1ccc2c(c1)/C(=C\C#N)CCS2. The Morgan fingerprint density at radius 2 is 2.36 bits per heavy atom. The van der Waals surface area contributed by atoms with Crippen LogP contribution in [-0.4, -0.2) is 5.75 Å². The van der Waals surface area contributed by atoms with Crippen molar-refractivity contribution >= 4 is 17.3 Å². The monoisotopic (exact) mass is 201 g/mol. The molecule has 2 rings (SSSR count). The van der Waals surface area contributed by atoms with E-state index >= 15 is 0 Å². The van der Waals surface area contributed by atoms with Gasteiger partial charge < -0.3 is 0 Å². The van der Waals surface area contributed by atoms with E-state index in [-0.39, 0.29) is 0 Å². The molecule has 1 heterocycles. The molecule has 0 bridgehead atoms. The smallest absolute Gasteiger partial charge is 0.0915 e. The number of nitriles is 1. The molecule has 1 aromatic carbocycles. The molecular formula is C12H11NS. The molecule has 0 spiro atoms. The molecular weight excluding hydrogens is 190 g/mol. The fourth-order valence-electron chi connectivity index (χ4n) is 1.65. The van der Waals surface area contributed by atoms with Gasteiger partial charge in [-0.15, -0.1) is 11.8 Å². The van der Waals surface area contributed by atoms with E-state index in [2.05, 4.69) is 31.2 Å². The highest BCUT2D eigenvalue weighted by Crippen LogP contribution is 2.36. The molecule has 0 aliphatic carbocycles. The Morgan fingerprint density at radius 3 is 3.14 bits per heavy atom. The summed E-state index contributed by atoms with van der Waals surface area (Å²) in [6.07, 6.45) is 2.69. The van der Waals surface area contributed by atoms with Gasteiger partial charge >= 0.3 is 0 Å². The molecule has 0 aromatic heterocycles. The third-order valence-corrected chi connectivity index (χ3v) is 3.42. The molecule has 70 valence electrons. The summed E-state index contributed by atoms with van der Waals surface area (Å²) in [5, 5.41) is 8.68. The molecule has 0 radical (unpaired) electrons. The van der Waals surface area contributed by atoms with Crippen molar-refractivity contribution in [2.45, 2.75) is 18.2 Å². The molecule has 0 amide bonds. The third kappa shape index (κ3) is 1.69. The van der Waals surface area contributed by atoms with Gasteiger partial charge in [-0.3, -0.25) is 0 Å². The van der Waals surface area contributed by atoms with Crippen molar-refractivity contribution < 1.29 is 0 Å². The number of thioether (sulfide) groups is 1. The van der Waals surface area contributed by atoms with Crippen LogP contribution in [0.15, 0.2) is 29.2 Å². The summed E-state index contributed by atoms with van der Waals surface area (Å²) in [4.78, 5) is 1.31. The number of nitrogens with zero attached hydrogens (tertiary/aromatic N) is 1. The first-order chi connectivity index (χ1) is 6.81. The van der Waals surface area contributed by atoms with E-state index < -0.39 is 0 Å². The van der Waals surface area contributed by atoms with Gasteiger partial charge in [0, 0.05) is 16.7 Å². The molecule has 1 aliphatic heterocycles. The predicted octanol–water partition coefficient (Wildman–Crippen LogP) is 3.40. The molecule has 2 heteroatoms. The fourth-order valence-corrected chi connectivity index (χ4v) is 2.71. The Balaban J connectivity index is 2.53. The van der Waals surface area contributed by atoms with Crippen LogP contribution in [0.4, 0.5) is 0 Å². The van der Waals surface area contributed by atoms with E-state index in [9.17, 15) is 0 Å². The molecule has 0 atom stereocenters. The van der Waals surface area contributed by atoms with Gasteiger partial charge in [0.1, 0.15) is 0 Å². The van der Waals surface area contributed by atoms with Crippen molar-refractivity contribution in [3.8, 4) is 6.07 Å². The molecule has 1 nitrogen and oxygen atoms in total. The van der Waals surface area contributed by atoms with Crippen molar-refractivity contribution in [2.24, 2.45) is 0 Å². The minimum absolute atomic E-state index is 1.01. The maximum absolute atomic E-state index is 8.68. The molecule has 0 N–H and O–H groups in total. The van der Waals surface area contributed by atoms with E-state index in [4.69, 9.17) is 5.26 Å². The summed E-state index contributed by atoms with van der Waals surface area (Å²) in [7, 11) is 0. The molecule has 0 saturated heterocycles. The minimum Gasteiger partial charge on any atom is -0.193 e. The number of aryl methyl sites for hydroxylation is 1. The first kappa shape index (κ1) is 9.36. The number of hydrogen-bond acceptors (Lipinski definition) is 2. The third-order valence-electron chi connectivity index (χ3n) is 2.35. The number of rotatable bonds is 0. The Hall–Kier alpha value is -1.20. The van der Waals surface area contributed by atoms with Gasteiger partial charge in [-0.1, -0.05) is 17.7 Å². The summed E-state index contributed by atoms with van der Waals surface area (Å²) >= 11 is 1.88. The van der Waals surface area contributed by atoms with Crippen LogP contribution < -0.4 is 0 Å². The van der Waals surface area contributed by atoms with Crippen LogP contribution in [0.2, 0.25) is 0 Å². The van der Waals surface area contributed by atoms with Crippen molar-refractivity contribution in [3.63, 3.8) is 0 Å². The first-order valence-corrected chi connectivity index (χ1v) is 5.62. The van der Waals surface area contributed by atoms with Crippen LogP contribution >= 0.6 is 11.8 Å². The number of hydrogen-bond donors (Lipinski definition) is 0. The van der Waals surface area contributed by atoms with Crippen LogP contribution in [0, 0.1) is 18.3 Å². The van der Waals surface area contributed by atoms with E-state index in [0.717, 1.165) is 12.2 Å². The summed E-state index contributed by atoms with van der Waals surface area (Å²) in [5.74, 6) is 1.09.